The number of hydrogen-bond donors (Lipinski definition) is 2. The number of ether oxygens (including phenoxy) is 1. The van der Waals surface area contributed by atoms with Crippen LogP contribution in [0.4, 0.5) is 0 Å². The molecule has 1 heterocycles. The molecule has 7 nitrogen and oxygen atoms in total. The quantitative estimate of drug-likeness (QED) is 0.603. The Hall–Kier alpha value is -2.15. The van der Waals surface area contributed by atoms with Gasteiger partial charge in [0.05, 0.1) is 7.11 Å². The summed E-state index contributed by atoms with van der Waals surface area (Å²) in [5.41, 5.74) is 0.742. The van der Waals surface area contributed by atoms with E-state index >= 15 is 0 Å². The van der Waals surface area contributed by atoms with Gasteiger partial charge in [0.1, 0.15) is 11.2 Å². The highest BCUT2D eigenvalue weighted by molar-refractivity contribution is 6.29. The van der Waals surface area contributed by atoms with Crippen LogP contribution >= 0.6 is 11.6 Å². The van der Waals surface area contributed by atoms with Gasteiger partial charge in [0.15, 0.2) is 0 Å². The van der Waals surface area contributed by atoms with Crippen LogP contribution in [0.15, 0.2) is 12.1 Å². The van der Waals surface area contributed by atoms with Crippen LogP contribution in [0.1, 0.15) is 28.9 Å². The van der Waals surface area contributed by atoms with Crippen molar-refractivity contribution in [1.82, 2.24) is 10.3 Å². The van der Waals surface area contributed by atoms with Gasteiger partial charge in [-0.3, -0.25) is 9.59 Å². The molecule has 1 aromatic heterocycles. The second-order valence-electron chi connectivity index (χ2n) is 4.30. The first-order valence-electron chi connectivity index (χ1n) is 6.08. The molecule has 1 rings (SSSR count). The van der Waals surface area contributed by atoms with Crippen molar-refractivity contribution in [2.24, 2.45) is 0 Å². The molecule has 1 atom stereocenters. The van der Waals surface area contributed by atoms with Crippen LogP contribution in [0.3, 0.4) is 0 Å². The van der Waals surface area contributed by atoms with E-state index in [1.54, 1.807) is 6.92 Å². The molecular weight excluding hydrogens is 300 g/mol. The largest absolute Gasteiger partial charge is 0.480 e. The molecule has 1 aromatic rings. The number of carboxylic acid groups (broad SMARTS) is 1. The molecule has 0 radical (unpaired) electrons. The number of methoxy groups -OCH3 is 1. The number of nitrogens with zero attached hydrogens (tertiary/aromatic N) is 1. The van der Waals surface area contributed by atoms with Gasteiger partial charge in [0.2, 0.25) is 0 Å². The van der Waals surface area contributed by atoms with Gasteiger partial charge in [-0.25, -0.2) is 9.78 Å². The normalized spacial score (nSPS) is 11.6. The number of aliphatic carboxylic acids is 1. The number of esters is 1. The van der Waals surface area contributed by atoms with Crippen LogP contribution in [0.25, 0.3) is 0 Å². The van der Waals surface area contributed by atoms with Crippen molar-refractivity contribution < 1.29 is 24.2 Å². The molecule has 0 saturated carbocycles. The van der Waals surface area contributed by atoms with Gasteiger partial charge >= 0.3 is 11.9 Å². The monoisotopic (exact) mass is 314 g/mol. The topological polar surface area (TPSA) is 106 Å². The summed E-state index contributed by atoms with van der Waals surface area (Å²) >= 11 is 5.75. The molecular formula is C13H15ClN2O5. The number of carboxylic acids is 1. The van der Waals surface area contributed by atoms with Crippen molar-refractivity contribution in [3.05, 3.63) is 28.5 Å². The summed E-state index contributed by atoms with van der Waals surface area (Å²) in [7, 11) is 1.21. The van der Waals surface area contributed by atoms with Gasteiger partial charge in [-0.15, -0.1) is 0 Å². The maximum atomic E-state index is 12.0. The lowest BCUT2D eigenvalue weighted by atomic mass is 10.1. The molecule has 2 N–H and O–H groups in total. The minimum atomic E-state index is -1.23. The fourth-order valence-corrected chi connectivity index (χ4v) is 1.87. The van der Waals surface area contributed by atoms with Gasteiger partial charge in [-0.2, -0.15) is 0 Å². The van der Waals surface area contributed by atoms with Crippen molar-refractivity contribution in [3.63, 3.8) is 0 Å². The van der Waals surface area contributed by atoms with Gasteiger partial charge in [-0.1, -0.05) is 11.6 Å². The van der Waals surface area contributed by atoms with E-state index in [1.165, 1.54) is 19.2 Å². The highest BCUT2D eigenvalue weighted by Crippen LogP contribution is 2.11. The lowest BCUT2D eigenvalue weighted by Gasteiger charge is -2.14. The molecule has 21 heavy (non-hydrogen) atoms. The summed E-state index contributed by atoms with van der Waals surface area (Å²) in [6.45, 7) is 1.66. The summed E-state index contributed by atoms with van der Waals surface area (Å²) in [6, 6.07) is 1.63. The third-order valence-electron chi connectivity index (χ3n) is 2.65. The summed E-state index contributed by atoms with van der Waals surface area (Å²) in [6.07, 6.45) is -0.171. The van der Waals surface area contributed by atoms with Crippen LogP contribution in [0.2, 0.25) is 5.15 Å². The van der Waals surface area contributed by atoms with Crippen molar-refractivity contribution in [1.29, 1.82) is 0 Å². The highest BCUT2D eigenvalue weighted by Gasteiger charge is 2.22. The van der Waals surface area contributed by atoms with Crippen molar-refractivity contribution in [2.75, 3.05) is 7.11 Å². The fourth-order valence-electron chi connectivity index (χ4n) is 1.62. The first-order chi connectivity index (χ1) is 9.83. The van der Waals surface area contributed by atoms with E-state index in [9.17, 15) is 14.4 Å². The SMILES string of the molecule is COC(=O)CC[C@@H](NC(=O)c1cc(C)nc(Cl)c1)C(=O)O. The zero-order valence-electron chi connectivity index (χ0n) is 11.6. The summed E-state index contributed by atoms with van der Waals surface area (Å²) in [4.78, 5) is 38.0. The number of aromatic nitrogens is 1. The Morgan fingerprint density at radius 1 is 1.43 bits per heavy atom. The Labute approximate surface area is 126 Å². The molecule has 0 saturated heterocycles. The van der Waals surface area contributed by atoms with E-state index in [4.69, 9.17) is 16.7 Å². The van der Waals surface area contributed by atoms with Crippen LogP contribution in [0.5, 0.6) is 0 Å². The maximum absolute atomic E-state index is 12.0. The van der Waals surface area contributed by atoms with Crippen LogP contribution in [0, 0.1) is 6.92 Å². The van der Waals surface area contributed by atoms with E-state index in [-0.39, 0.29) is 23.6 Å². The molecule has 1 amide bonds. The van der Waals surface area contributed by atoms with Gasteiger partial charge in [-0.05, 0) is 25.5 Å². The van der Waals surface area contributed by atoms with Gasteiger partial charge in [0.25, 0.3) is 5.91 Å². The van der Waals surface area contributed by atoms with Crippen LogP contribution in [-0.2, 0) is 14.3 Å². The minimum absolute atomic E-state index is 0.0639. The molecule has 0 fully saturated rings. The van der Waals surface area contributed by atoms with Crippen molar-refractivity contribution in [3.8, 4) is 0 Å². The van der Waals surface area contributed by atoms with Crippen LogP contribution in [-0.4, -0.2) is 41.1 Å². The lowest BCUT2D eigenvalue weighted by Crippen LogP contribution is -2.41. The zero-order valence-corrected chi connectivity index (χ0v) is 12.3. The predicted octanol–water partition coefficient (Wildman–Crippen LogP) is 1.18. The predicted molar refractivity (Wildman–Crippen MR) is 74.1 cm³/mol. The number of rotatable bonds is 6. The second kappa shape index (κ2) is 7.58. The van der Waals surface area contributed by atoms with Gasteiger partial charge in [0, 0.05) is 17.7 Å². The van der Waals surface area contributed by atoms with Gasteiger partial charge < -0.3 is 15.2 Å². The summed E-state index contributed by atoms with van der Waals surface area (Å²) in [5.74, 6) is -2.37. The Morgan fingerprint density at radius 3 is 2.62 bits per heavy atom. The second-order valence-corrected chi connectivity index (χ2v) is 4.69. The molecule has 114 valence electrons. The van der Waals surface area contributed by atoms with Crippen molar-refractivity contribution >= 4 is 29.4 Å². The number of halogens is 1. The van der Waals surface area contributed by atoms with E-state index in [0.29, 0.717) is 5.69 Å². The fraction of sp³-hybridized carbons (Fsp3) is 0.385. The Balaban J connectivity index is 2.76. The molecule has 0 aliphatic heterocycles. The van der Waals surface area contributed by atoms with E-state index < -0.39 is 23.9 Å². The molecule has 0 bridgehead atoms. The number of aryl methyl sites for hydroxylation is 1. The highest BCUT2D eigenvalue weighted by atomic mass is 35.5. The average Bonchev–Trinajstić information content (AvgIpc) is 2.41. The number of carbonyl (C=O) groups is 3. The molecule has 0 aliphatic rings. The van der Waals surface area contributed by atoms with E-state index in [2.05, 4.69) is 15.0 Å². The minimum Gasteiger partial charge on any atom is -0.480 e. The Morgan fingerprint density at radius 2 is 2.10 bits per heavy atom. The molecule has 0 aromatic carbocycles. The zero-order chi connectivity index (χ0) is 16.0. The third kappa shape index (κ3) is 5.39. The molecule has 0 aliphatic carbocycles. The average molecular weight is 315 g/mol. The molecule has 0 unspecified atom stereocenters. The Kier molecular flexibility index (Phi) is 6.10. The molecule has 8 heteroatoms. The summed E-state index contributed by atoms with van der Waals surface area (Å²) in [5, 5.41) is 11.5. The number of pyridine rings is 1. The smallest absolute Gasteiger partial charge is 0.326 e. The number of amides is 1. The number of hydrogen-bond acceptors (Lipinski definition) is 5. The first-order valence-corrected chi connectivity index (χ1v) is 6.46. The summed E-state index contributed by atoms with van der Waals surface area (Å²) < 4.78 is 4.43. The first kappa shape index (κ1) is 16.9. The van der Waals surface area contributed by atoms with Crippen molar-refractivity contribution in [2.45, 2.75) is 25.8 Å². The molecule has 0 spiro atoms. The maximum Gasteiger partial charge on any atom is 0.326 e. The standard InChI is InChI=1S/C13H15ClN2O5/c1-7-5-8(6-10(14)15-7)12(18)16-9(13(19)20)3-4-11(17)21-2/h5-6,9H,3-4H2,1-2H3,(H,16,18)(H,19,20)/t9-/m1/s1. The number of carbonyl (C=O) groups excluding carboxylic acids is 2. The Bertz CT molecular complexity index is 541. The van der Waals surface area contributed by atoms with E-state index in [0.717, 1.165) is 0 Å². The lowest BCUT2D eigenvalue weighted by molar-refractivity contribution is -0.142. The number of nitrogens with one attached hydrogen (secondary N) is 1. The third-order valence-corrected chi connectivity index (χ3v) is 2.85. The van der Waals surface area contributed by atoms with E-state index in [1.807, 2.05) is 0 Å². The van der Waals surface area contributed by atoms with Crippen LogP contribution < -0.4 is 5.32 Å².